The smallest absolute Gasteiger partial charge is 0.143 e. The number of hydrogen-bond acceptors (Lipinski definition) is 2. The van der Waals surface area contributed by atoms with Crippen molar-refractivity contribution in [2.75, 3.05) is 0 Å². The standard InChI is InChI=1S/C48H29NO2/c1-2-10-30(11-3-1)31-20-24-34(25-21-31)49-42-17-6-4-13-39(42)47-36(14-9-18-43(47)49)37-15-8-16-38-41-29-33(23-27-46(41)51-48(37)38)32-22-26-45-40(28-32)35-12-5-7-19-44(35)50-45/h1-29H. The summed E-state index contributed by atoms with van der Waals surface area (Å²) >= 11 is 0. The minimum Gasteiger partial charge on any atom is -0.456 e. The number of nitrogens with zero attached hydrogens (tertiary/aromatic N) is 1. The predicted molar refractivity (Wildman–Crippen MR) is 212 cm³/mol. The Morgan fingerprint density at radius 2 is 0.902 bits per heavy atom. The highest BCUT2D eigenvalue weighted by Gasteiger charge is 2.20. The molecule has 51 heavy (non-hydrogen) atoms. The van der Waals surface area contributed by atoms with Gasteiger partial charge < -0.3 is 13.4 Å². The molecular formula is C48H29NO2. The molecule has 3 aromatic heterocycles. The molecular weight excluding hydrogens is 623 g/mol. The molecule has 0 spiro atoms. The van der Waals surface area contributed by atoms with Crippen molar-refractivity contribution in [2.24, 2.45) is 0 Å². The molecule has 0 N–H and O–H groups in total. The molecule has 0 saturated carbocycles. The molecule has 0 bridgehead atoms. The average molecular weight is 652 g/mol. The van der Waals surface area contributed by atoms with E-state index >= 15 is 0 Å². The number of rotatable bonds is 4. The molecule has 3 heterocycles. The van der Waals surface area contributed by atoms with Gasteiger partial charge in [-0.2, -0.15) is 0 Å². The molecule has 0 atom stereocenters. The lowest BCUT2D eigenvalue weighted by Gasteiger charge is -2.10. The predicted octanol–water partition coefficient (Wildman–Crippen LogP) is 13.6. The fourth-order valence-corrected chi connectivity index (χ4v) is 8.05. The zero-order valence-electron chi connectivity index (χ0n) is 27.5. The average Bonchev–Trinajstić information content (AvgIpc) is 3.87. The van der Waals surface area contributed by atoms with E-state index in [0.717, 1.165) is 71.8 Å². The first kappa shape index (κ1) is 28.0. The van der Waals surface area contributed by atoms with E-state index < -0.39 is 0 Å². The van der Waals surface area contributed by atoms with Crippen molar-refractivity contribution in [1.29, 1.82) is 0 Å². The van der Waals surface area contributed by atoms with Crippen LogP contribution in [0.15, 0.2) is 185 Å². The fraction of sp³-hybridized carbons (Fsp3) is 0. The molecule has 0 aliphatic heterocycles. The summed E-state index contributed by atoms with van der Waals surface area (Å²) in [5, 5.41) is 6.91. The summed E-state index contributed by atoms with van der Waals surface area (Å²) in [6, 6.07) is 62.5. The van der Waals surface area contributed by atoms with Crippen LogP contribution in [0.4, 0.5) is 0 Å². The number of benzene rings is 8. The zero-order valence-corrected chi connectivity index (χ0v) is 27.5. The molecule has 0 fully saturated rings. The highest BCUT2D eigenvalue weighted by Crippen LogP contribution is 2.43. The van der Waals surface area contributed by atoms with E-state index in [4.69, 9.17) is 8.83 Å². The molecule has 3 heteroatoms. The van der Waals surface area contributed by atoms with Crippen LogP contribution in [-0.4, -0.2) is 4.57 Å². The summed E-state index contributed by atoms with van der Waals surface area (Å²) in [5.41, 5.74) is 14.0. The van der Waals surface area contributed by atoms with Crippen LogP contribution in [0.1, 0.15) is 0 Å². The third kappa shape index (κ3) is 4.25. The lowest BCUT2D eigenvalue weighted by atomic mass is 9.97. The molecule has 0 unspecified atom stereocenters. The van der Waals surface area contributed by atoms with Crippen LogP contribution in [0.25, 0.3) is 105 Å². The van der Waals surface area contributed by atoms with Crippen molar-refractivity contribution < 1.29 is 8.83 Å². The molecule has 0 saturated heterocycles. The molecule has 11 rings (SSSR count). The van der Waals surface area contributed by atoms with Crippen LogP contribution in [0.2, 0.25) is 0 Å². The van der Waals surface area contributed by atoms with Crippen LogP contribution in [-0.2, 0) is 0 Å². The summed E-state index contributed by atoms with van der Waals surface area (Å²) in [5.74, 6) is 0. The van der Waals surface area contributed by atoms with Gasteiger partial charge in [0, 0.05) is 43.6 Å². The maximum absolute atomic E-state index is 6.73. The maximum Gasteiger partial charge on any atom is 0.143 e. The van der Waals surface area contributed by atoms with Gasteiger partial charge in [0.05, 0.1) is 11.0 Å². The van der Waals surface area contributed by atoms with E-state index in [2.05, 4.69) is 168 Å². The molecule has 3 nitrogen and oxygen atoms in total. The van der Waals surface area contributed by atoms with Crippen molar-refractivity contribution in [3.05, 3.63) is 176 Å². The molecule has 8 aromatic carbocycles. The molecule has 0 aliphatic carbocycles. The third-order valence-electron chi connectivity index (χ3n) is 10.4. The second kappa shape index (κ2) is 10.8. The van der Waals surface area contributed by atoms with E-state index in [1.807, 2.05) is 12.1 Å². The topological polar surface area (TPSA) is 31.2 Å². The normalized spacial score (nSPS) is 11.9. The summed E-state index contributed by atoms with van der Waals surface area (Å²) < 4.78 is 15.2. The Kier molecular flexibility index (Phi) is 5.96. The summed E-state index contributed by atoms with van der Waals surface area (Å²) in [6.45, 7) is 0. The van der Waals surface area contributed by atoms with Crippen molar-refractivity contribution in [1.82, 2.24) is 4.57 Å². The second-order valence-electron chi connectivity index (χ2n) is 13.3. The van der Waals surface area contributed by atoms with Crippen molar-refractivity contribution in [3.8, 4) is 39.1 Å². The minimum absolute atomic E-state index is 0.879. The first-order valence-electron chi connectivity index (χ1n) is 17.3. The zero-order chi connectivity index (χ0) is 33.5. The van der Waals surface area contributed by atoms with E-state index in [1.165, 1.54) is 32.9 Å². The van der Waals surface area contributed by atoms with Gasteiger partial charge >= 0.3 is 0 Å². The van der Waals surface area contributed by atoms with Gasteiger partial charge in [0.25, 0.3) is 0 Å². The van der Waals surface area contributed by atoms with Gasteiger partial charge in [0.1, 0.15) is 22.3 Å². The lowest BCUT2D eigenvalue weighted by molar-refractivity contribution is 0.669. The Bertz CT molecular complexity index is 3120. The lowest BCUT2D eigenvalue weighted by Crippen LogP contribution is -1.93. The third-order valence-corrected chi connectivity index (χ3v) is 10.4. The molecule has 0 radical (unpaired) electrons. The Balaban J connectivity index is 1.07. The van der Waals surface area contributed by atoms with Gasteiger partial charge in [-0.25, -0.2) is 0 Å². The largest absolute Gasteiger partial charge is 0.456 e. The number of fused-ring (bicyclic) bond motifs is 9. The highest BCUT2D eigenvalue weighted by molar-refractivity contribution is 6.19. The Morgan fingerprint density at radius 1 is 0.333 bits per heavy atom. The SMILES string of the molecule is c1ccc(-c2ccc(-n3c4ccccc4c4c(-c5cccc6c5oc5ccc(-c7ccc8oc9ccccc9c8c7)cc56)cccc43)cc2)cc1. The van der Waals surface area contributed by atoms with E-state index in [-0.39, 0.29) is 0 Å². The maximum atomic E-state index is 6.73. The Labute approximate surface area is 293 Å². The number of hydrogen-bond donors (Lipinski definition) is 0. The van der Waals surface area contributed by atoms with Gasteiger partial charge in [0.15, 0.2) is 0 Å². The van der Waals surface area contributed by atoms with Gasteiger partial charge in [-0.05, 0) is 82.4 Å². The Morgan fingerprint density at radius 3 is 1.73 bits per heavy atom. The van der Waals surface area contributed by atoms with Crippen molar-refractivity contribution in [3.63, 3.8) is 0 Å². The number of aromatic nitrogens is 1. The number of para-hydroxylation sites is 3. The van der Waals surface area contributed by atoms with Crippen molar-refractivity contribution in [2.45, 2.75) is 0 Å². The minimum atomic E-state index is 0.879. The van der Waals surface area contributed by atoms with E-state index in [1.54, 1.807) is 0 Å². The summed E-state index contributed by atoms with van der Waals surface area (Å²) in [4.78, 5) is 0. The molecule has 0 aliphatic rings. The van der Waals surface area contributed by atoms with Crippen LogP contribution in [0.5, 0.6) is 0 Å². The van der Waals surface area contributed by atoms with E-state index in [0.29, 0.717) is 0 Å². The molecule has 238 valence electrons. The molecule has 11 aromatic rings. The fourth-order valence-electron chi connectivity index (χ4n) is 8.05. The van der Waals surface area contributed by atoms with Crippen LogP contribution < -0.4 is 0 Å². The van der Waals surface area contributed by atoms with Gasteiger partial charge in [0.2, 0.25) is 0 Å². The van der Waals surface area contributed by atoms with Crippen molar-refractivity contribution >= 4 is 65.7 Å². The number of furan rings is 2. The summed E-state index contributed by atoms with van der Waals surface area (Å²) in [6.07, 6.45) is 0. The van der Waals surface area contributed by atoms with Crippen LogP contribution in [0, 0.1) is 0 Å². The first-order valence-corrected chi connectivity index (χ1v) is 17.3. The summed E-state index contributed by atoms with van der Waals surface area (Å²) in [7, 11) is 0. The van der Waals surface area contributed by atoms with E-state index in [9.17, 15) is 0 Å². The monoisotopic (exact) mass is 651 g/mol. The quantitative estimate of drug-likeness (QED) is 0.190. The highest BCUT2D eigenvalue weighted by atomic mass is 16.3. The molecule has 0 amide bonds. The van der Waals surface area contributed by atoms with Gasteiger partial charge in [-0.1, -0.05) is 121 Å². The van der Waals surface area contributed by atoms with Crippen LogP contribution in [0.3, 0.4) is 0 Å². The van der Waals surface area contributed by atoms with Crippen LogP contribution >= 0.6 is 0 Å². The first-order chi connectivity index (χ1) is 25.3. The van der Waals surface area contributed by atoms with Gasteiger partial charge in [-0.15, -0.1) is 0 Å². The van der Waals surface area contributed by atoms with Gasteiger partial charge in [-0.3, -0.25) is 0 Å². The second-order valence-corrected chi connectivity index (χ2v) is 13.3. The Hall–Kier alpha value is -6.84.